The molecule has 0 saturated carbocycles. The van der Waals surface area contributed by atoms with Crippen LogP contribution in [0.5, 0.6) is 0 Å². The van der Waals surface area contributed by atoms with Crippen molar-refractivity contribution in [1.82, 2.24) is 0 Å². The highest BCUT2D eigenvalue weighted by Gasteiger charge is 2.23. The van der Waals surface area contributed by atoms with Crippen LogP contribution in [0.3, 0.4) is 0 Å². The summed E-state index contributed by atoms with van der Waals surface area (Å²) in [5.41, 5.74) is 8.91. The van der Waals surface area contributed by atoms with Crippen LogP contribution in [-0.2, 0) is 0 Å². The Labute approximate surface area is 195 Å². The molecular weight excluding hydrogens is 400 g/mol. The second kappa shape index (κ2) is 9.10. The normalized spacial score (nSPS) is 10.7. The maximum absolute atomic E-state index is 13.9. The standard InChI is InChI=1S/C32H24O/c1-23-30(26-18-10-4-11-19-26)28(24-14-6-2-7-15-24)22-29(25-16-8-3-9-17-25)31(23)32(33)27-20-12-5-13-21-27/h2-22H,1H3. The first-order chi connectivity index (χ1) is 16.2. The molecule has 0 atom stereocenters. The van der Waals surface area contributed by atoms with Crippen LogP contribution >= 0.6 is 0 Å². The molecule has 158 valence electrons. The maximum atomic E-state index is 13.9. The Hall–Kier alpha value is -4.23. The van der Waals surface area contributed by atoms with Crippen LogP contribution in [0, 0.1) is 6.92 Å². The average Bonchev–Trinajstić information content (AvgIpc) is 2.90. The zero-order valence-electron chi connectivity index (χ0n) is 18.5. The van der Waals surface area contributed by atoms with E-state index in [0.29, 0.717) is 5.56 Å². The highest BCUT2D eigenvalue weighted by molar-refractivity contribution is 6.15. The SMILES string of the molecule is Cc1c(C(=O)c2ccccc2)c(-c2ccccc2)cc(-c2ccccc2)c1-c1ccccc1. The van der Waals surface area contributed by atoms with Gasteiger partial charge in [0.15, 0.2) is 5.78 Å². The van der Waals surface area contributed by atoms with E-state index in [1.165, 1.54) is 0 Å². The molecule has 33 heavy (non-hydrogen) atoms. The first kappa shape index (κ1) is 20.7. The fraction of sp³-hybridized carbons (Fsp3) is 0.0312. The van der Waals surface area contributed by atoms with Gasteiger partial charge in [-0.25, -0.2) is 0 Å². The van der Waals surface area contributed by atoms with Gasteiger partial charge in [0, 0.05) is 11.1 Å². The Kier molecular flexibility index (Phi) is 5.70. The first-order valence-corrected chi connectivity index (χ1v) is 11.2. The summed E-state index contributed by atoms with van der Waals surface area (Å²) in [6.07, 6.45) is 0. The molecule has 0 spiro atoms. The highest BCUT2D eigenvalue weighted by Crippen LogP contribution is 2.42. The molecule has 0 N–H and O–H groups in total. The number of rotatable bonds is 5. The van der Waals surface area contributed by atoms with E-state index >= 15 is 0 Å². The zero-order chi connectivity index (χ0) is 22.6. The molecule has 0 aromatic heterocycles. The number of carbonyl (C=O) groups excluding carboxylic acids is 1. The molecule has 0 aliphatic rings. The fourth-order valence-electron chi connectivity index (χ4n) is 4.51. The Morgan fingerprint density at radius 1 is 0.515 bits per heavy atom. The Morgan fingerprint density at radius 2 is 0.939 bits per heavy atom. The van der Waals surface area contributed by atoms with Crippen LogP contribution < -0.4 is 0 Å². The van der Waals surface area contributed by atoms with E-state index in [1.807, 2.05) is 72.8 Å². The van der Waals surface area contributed by atoms with Gasteiger partial charge in [-0.05, 0) is 51.9 Å². The van der Waals surface area contributed by atoms with Gasteiger partial charge in [-0.3, -0.25) is 4.79 Å². The van der Waals surface area contributed by atoms with Gasteiger partial charge in [0.1, 0.15) is 0 Å². The summed E-state index contributed by atoms with van der Waals surface area (Å²) in [6, 6.07) is 42.7. The van der Waals surface area contributed by atoms with Gasteiger partial charge in [0.2, 0.25) is 0 Å². The third-order valence-corrected chi connectivity index (χ3v) is 6.07. The summed E-state index contributed by atoms with van der Waals surface area (Å²) in [5, 5.41) is 0. The molecule has 5 aromatic rings. The van der Waals surface area contributed by atoms with E-state index < -0.39 is 0 Å². The molecule has 5 aromatic carbocycles. The topological polar surface area (TPSA) is 17.1 Å². The number of ketones is 1. The summed E-state index contributed by atoms with van der Waals surface area (Å²) >= 11 is 0. The zero-order valence-corrected chi connectivity index (χ0v) is 18.5. The Morgan fingerprint density at radius 3 is 1.45 bits per heavy atom. The van der Waals surface area contributed by atoms with Crippen molar-refractivity contribution in [2.24, 2.45) is 0 Å². The quantitative estimate of drug-likeness (QED) is 0.260. The van der Waals surface area contributed by atoms with Crippen molar-refractivity contribution in [3.63, 3.8) is 0 Å². The van der Waals surface area contributed by atoms with Gasteiger partial charge in [0.05, 0.1) is 0 Å². The Balaban J connectivity index is 1.88. The molecule has 5 rings (SSSR count). The van der Waals surface area contributed by atoms with E-state index in [9.17, 15) is 4.79 Å². The summed E-state index contributed by atoms with van der Waals surface area (Å²) in [7, 11) is 0. The molecule has 0 heterocycles. The van der Waals surface area contributed by atoms with Crippen LogP contribution in [0.15, 0.2) is 127 Å². The van der Waals surface area contributed by atoms with Gasteiger partial charge >= 0.3 is 0 Å². The monoisotopic (exact) mass is 424 g/mol. The molecule has 1 nitrogen and oxygen atoms in total. The lowest BCUT2D eigenvalue weighted by molar-refractivity contribution is 0.103. The van der Waals surface area contributed by atoms with Crippen LogP contribution in [0.4, 0.5) is 0 Å². The molecular formula is C32H24O. The van der Waals surface area contributed by atoms with Gasteiger partial charge in [0.25, 0.3) is 0 Å². The van der Waals surface area contributed by atoms with E-state index in [-0.39, 0.29) is 5.78 Å². The number of hydrogen-bond acceptors (Lipinski definition) is 1. The summed E-state index contributed by atoms with van der Waals surface area (Å²) in [6.45, 7) is 2.08. The van der Waals surface area contributed by atoms with Gasteiger partial charge in [-0.2, -0.15) is 0 Å². The first-order valence-electron chi connectivity index (χ1n) is 11.2. The number of carbonyl (C=O) groups is 1. The lowest BCUT2D eigenvalue weighted by atomic mass is 9.81. The van der Waals surface area contributed by atoms with Gasteiger partial charge < -0.3 is 0 Å². The van der Waals surface area contributed by atoms with Crippen LogP contribution in [0.2, 0.25) is 0 Å². The smallest absolute Gasteiger partial charge is 0.193 e. The van der Waals surface area contributed by atoms with Crippen LogP contribution in [-0.4, -0.2) is 5.78 Å². The van der Waals surface area contributed by atoms with Crippen molar-refractivity contribution >= 4 is 5.78 Å². The fourth-order valence-corrected chi connectivity index (χ4v) is 4.51. The minimum atomic E-state index is 0.0451. The molecule has 0 amide bonds. The number of benzene rings is 5. The van der Waals surface area contributed by atoms with Gasteiger partial charge in [-0.15, -0.1) is 0 Å². The van der Waals surface area contributed by atoms with Crippen molar-refractivity contribution in [2.75, 3.05) is 0 Å². The molecule has 0 radical (unpaired) electrons. The van der Waals surface area contributed by atoms with Crippen molar-refractivity contribution in [3.8, 4) is 33.4 Å². The molecule has 0 fully saturated rings. The molecule has 0 saturated heterocycles. The Bertz CT molecular complexity index is 1390. The largest absolute Gasteiger partial charge is 0.289 e. The molecule has 0 aliphatic carbocycles. The van der Waals surface area contributed by atoms with Gasteiger partial charge in [-0.1, -0.05) is 121 Å². The van der Waals surface area contributed by atoms with Crippen molar-refractivity contribution < 1.29 is 4.79 Å². The lowest BCUT2D eigenvalue weighted by Gasteiger charge is -2.21. The number of hydrogen-bond donors (Lipinski definition) is 0. The third kappa shape index (κ3) is 4.02. The summed E-state index contributed by atoms with van der Waals surface area (Å²) in [5.74, 6) is 0.0451. The molecule has 0 aliphatic heterocycles. The summed E-state index contributed by atoms with van der Waals surface area (Å²) < 4.78 is 0. The predicted molar refractivity (Wildman–Crippen MR) is 137 cm³/mol. The highest BCUT2D eigenvalue weighted by atomic mass is 16.1. The van der Waals surface area contributed by atoms with E-state index in [0.717, 1.165) is 44.5 Å². The van der Waals surface area contributed by atoms with E-state index in [1.54, 1.807) is 0 Å². The molecule has 1 heteroatoms. The van der Waals surface area contributed by atoms with Crippen molar-refractivity contribution in [3.05, 3.63) is 144 Å². The van der Waals surface area contributed by atoms with E-state index in [4.69, 9.17) is 0 Å². The summed E-state index contributed by atoms with van der Waals surface area (Å²) in [4.78, 5) is 13.9. The minimum Gasteiger partial charge on any atom is -0.289 e. The third-order valence-electron chi connectivity index (χ3n) is 6.07. The maximum Gasteiger partial charge on any atom is 0.193 e. The van der Waals surface area contributed by atoms with Crippen LogP contribution in [0.25, 0.3) is 33.4 Å². The second-order valence-electron chi connectivity index (χ2n) is 8.14. The molecule has 0 bridgehead atoms. The van der Waals surface area contributed by atoms with Crippen LogP contribution in [0.1, 0.15) is 21.5 Å². The van der Waals surface area contributed by atoms with Crippen molar-refractivity contribution in [1.29, 1.82) is 0 Å². The van der Waals surface area contributed by atoms with E-state index in [2.05, 4.69) is 61.5 Å². The minimum absolute atomic E-state index is 0.0451. The molecule has 0 unspecified atom stereocenters. The lowest BCUT2D eigenvalue weighted by Crippen LogP contribution is -2.08. The average molecular weight is 425 g/mol. The predicted octanol–water partition coefficient (Wildman–Crippen LogP) is 8.23. The second-order valence-corrected chi connectivity index (χ2v) is 8.14. The van der Waals surface area contributed by atoms with Crippen molar-refractivity contribution in [2.45, 2.75) is 6.92 Å².